The molecule has 2 N–H and O–H groups in total. The van der Waals surface area contributed by atoms with Gasteiger partial charge in [0.25, 0.3) is 0 Å². The summed E-state index contributed by atoms with van der Waals surface area (Å²) in [6.45, 7) is 9.12. The SMILES string of the molecule is CCCNC(C)CCCS(=O)CC(=O)NC(C)C. The first-order chi connectivity index (χ1) is 8.45. The van der Waals surface area contributed by atoms with Crippen LogP contribution in [-0.4, -0.2) is 40.3 Å². The Morgan fingerprint density at radius 1 is 1.28 bits per heavy atom. The van der Waals surface area contributed by atoms with E-state index in [4.69, 9.17) is 0 Å². The first-order valence-electron chi connectivity index (χ1n) is 6.83. The Morgan fingerprint density at radius 2 is 1.94 bits per heavy atom. The summed E-state index contributed by atoms with van der Waals surface area (Å²) in [6.07, 6.45) is 3.04. The number of carbonyl (C=O) groups excluding carboxylic acids is 1. The Morgan fingerprint density at radius 3 is 2.50 bits per heavy atom. The minimum atomic E-state index is -1.03. The third-order valence-corrected chi connectivity index (χ3v) is 3.82. The molecule has 0 rings (SSSR count). The topological polar surface area (TPSA) is 58.2 Å². The van der Waals surface area contributed by atoms with Crippen LogP contribution in [0.1, 0.15) is 47.0 Å². The smallest absolute Gasteiger partial charge is 0.232 e. The monoisotopic (exact) mass is 276 g/mol. The van der Waals surface area contributed by atoms with E-state index in [1.807, 2.05) is 13.8 Å². The predicted octanol–water partition coefficient (Wildman–Crippen LogP) is 1.43. The fourth-order valence-electron chi connectivity index (χ4n) is 1.63. The largest absolute Gasteiger partial charge is 0.353 e. The fourth-order valence-corrected chi connectivity index (χ4v) is 2.63. The molecule has 0 aromatic heterocycles. The second kappa shape index (κ2) is 10.5. The molecule has 2 unspecified atom stereocenters. The van der Waals surface area contributed by atoms with E-state index >= 15 is 0 Å². The van der Waals surface area contributed by atoms with Crippen LogP contribution in [0.2, 0.25) is 0 Å². The van der Waals surface area contributed by atoms with Gasteiger partial charge in [0.15, 0.2) is 0 Å². The zero-order chi connectivity index (χ0) is 14.0. The minimum absolute atomic E-state index is 0.111. The molecule has 4 nitrogen and oxygen atoms in total. The molecule has 0 heterocycles. The van der Waals surface area contributed by atoms with Crippen LogP contribution in [0.15, 0.2) is 0 Å². The van der Waals surface area contributed by atoms with Gasteiger partial charge in [-0.1, -0.05) is 6.92 Å². The van der Waals surface area contributed by atoms with Crippen molar-refractivity contribution in [1.82, 2.24) is 10.6 Å². The summed E-state index contributed by atoms with van der Waals surface area (Å²) in [7, 11) is -1.03. The summed E-state index contributed by atoms with van der Waals surface area (Å²) < 4.78 is 11.7. The molecule has 2 atom stereocenters. The number of carbonyl (C=O) groups is 1. The van der Waals surface area contributed by atoms with E-state index in [1.54, 1.807) is 0 Å². The van der Waals surface area contributed by atoms with Crippen LogP contribution >= 0.6 is 0 Å². The van der Waals surface area contributed by atoms with Crippen molar-refractivity contribution in [3.63, 3.8) is 0 Å². The quantitative estimate of drug-likeness (QED) is 0.634. The molecule has 0 saturated carbocycles. The van der Waals surface area contributed by atoms with Gasteiger partial charge in [-0.15, -0.1) is 0 Å². The lowest BCUT2D eigenvalue weighted by Crippen LogP contribution is -2.34. The molecule has 1 amide bonds. The highest BCUT2D eigenvalue weighted by atomic mass is 32.2. The van der Waals surface area contributed by atoms with Crippen molar-refractivity contribution in [3.8, 4) is 0 Å². The lowest BCUT2D eigenvalue weighted by Gasteiger charge is -2.12. The second-order valence-corrected chi connectivity index (χ2v) is 6.58. The van der Waals surface area contributed by atoms with Gasteiger partial charge in [0, 0.05) is 28.6 Å². The minimum Gasteiger partial charge on any atom is -0.353 e. The number of rotatable bonds is 10. The molecule has 0 saturated heterocycles. The molecule has 0 radical (unpaired) electrons. The van der Waals surface area contributed by atoms with Gasteiger partial charge in [0.05, 0.1) is 0 Å². The summed E-state index contributed by atoms with van der Waals surface area (Å²) in [5.41, 5.74) is 0. The van der Waals surface area contributed by atoms with E-state index in [1.165, 1.54) is 0 Å². The molecule has 18 heavy (non-hydrogen) atoms. The Bertz CT molecular complexity index is 257. The average Bonchev–Trinajstić information content (AvgIpc) is 2.24. The van der Waals surface area contributed by atoms with Gasteiger partial charge in [-0.2, -0.15) is 0 Å². The van der Waals surface area contributed by atoms with Gasteiger partial charge in [0.2, 0.25) is 5.91 Å². The van der Waals surface area contributed by atoms with Gasteiger partial charge >= 0.3 is 0 Å². The zero-order valence-corrected chi connectivity index (χ0v) is 12.9. The van der Waals surface area contributed by atoms with Crippen molar-refractivity contribution in [1.29, 1.82) is 0 Å². The maximum Gasteiger partial charge on any atom is 0.232 e. The third-order valence-electron chi connectivity index (χ3n) is 2.49. The second-order valence-electron chi connectivity index (χ2n) is 5.01. The molecule has 0 spiro atoms. The summed E-state index contributed by atoms with van der Waals surface area (Å²) >= 11 is 0. The van der Waals surface area contributed by atoms with Crippen molar-refractivity contribution in [2.45, 2.75) is 59.0 Å². The Kier molecular flexibility index (Phi) is 10.3. The first kappa shape index (κ1) is 17.6. The highest BCUT2D eigenvalue weighted by Gasteiger charge is 2.09. The lowest BCUT2D eigenvalue weighted by molar-refractivity contribution is -0.119. The van der Waals surface area contributed by atoms with Gasteiger partial charge < -0.3 is 10.6 Å². The molecule has 0 aliphatic rings. The molecule has 5 heteroatoms. The number of nitrogens with one attached hydrogen (secondary N) is 2. The Labute approximate surface area is 114 Å². The Hall–Kier alpha value is -0.420. The van der Waals surface area contributed by atoms with Crippen molar-refractivity contribution in [2.24, 2.45) is 0 Å². The summed E-state index contributed by atoms with van der Waals surface area (Å²) in [5.74, 6) is 0.638. The summed E-state index contributed by atoms with van der Waals surface area (Å²) in [4.78, 5) is 11.4. The lowest BCUT2D eigenvalue weighted by atomic mass is 10.2. The number of amides is 1. The average molecular weight is 276 g/mol. The molecular weight excluding hydrogens is 248 g/mol. The normalized spacial score (nSPS) is 14.5. The van der Waals surface area contributed by atoms with E-state index in [0.717, 1.165) is 25.8 Å². The standard InChI is InChI=1S/C13H28N2O2S/c1-5-8-14-12(4)7-6-9-18(17)10-13(16)15-11(2)3/h11-12,14H,5-10H2,1-4H3,(H,15,16). The molecule has 0 aliphatic heterocycles. The van der Waals surface area contributed by atoms with E-state index in [2.05, 4.69) is 24.5 Å². The highest BCUT2D eigenvalue weighted by Crippen LogP contribution is 1.99. The van der Waals surface area contributed by atoms with Crippen LogP contribution in [0.3, 0.4) is 0 Å². The molecular formula is C13H28N2O2S. The van der Waals surface area contributed by atoms with Gasteiger partial charge in [-0.05, 0) is 46.6 Å². The third kappa shape index (κ3) is 10.7. The zero-order valence-electron chi connectivity index (χ0n) is 12.1. The van der Waals surface area contributed by atoms with Gasteiger partial charge in [-0.25, -0.2) is 0 Å². The van der Waals surface area contributed by atoms with Crippen LogP contribution in [0, 0.1) is 0 Å². The number of hydrogen-bond donors (Lipinski definition) is 2. The molecule has 108 valence electrons. The maximum absolute atomic E-state index is 11.7. The van der Waals surface area contributed by atoms with Crippen LogP contribution < -0.4 is 10.6 Å². The predicted molar refractivity (Wildman–Crippen MR) is 78.1 cm³/mol. The molecule has 0 fully saturated rings. The van der Waals surface area contributed by atoms with E-state index in [9.17, 15) is 9.00 Å². The van der Waals surface area contributed by atoms with E-state index < -0.39 is 10.8 Å². The van der Waals surface area contributed by atoms with Crippen LogP contribution in [0.4, 0.5) is 0 Å². The molecule has 0 aliphatic carbocycles. The van der Waals surface area contributed by atoms with Crippen molar-refractivity contribution >= 4 is 16.7 Å². The Balaban J connectivity index is 3.61. The van der Waals surface area contributed by atoms with Crippen molar-refractivity contribution in [3.05, 3.63) is 0 Å². The highest BCUT2D eigenvalue weighted by molar-refractivity contribution is 7.85. The van der Waals surface area contributed by atoms with Crippen molar-refractivity contribution in [2.75, 3.05) is 18.1 Å². The van der Waals surface area contributed by atoms with Crippen LogP contribution in [0.25, 0.3) is 0 Å². The number of hydrogen-bond acceptors (Lipinski definition) is 3. The van der Waals surface area contributed by atoms with Gasteiger partial charge in [0.1, 0.15) is 5.75 Å². The van der Waals surface area contributed by atoms with E-state index in [0.29, 0.717) is 11.8 Å². The van der Waals surface area contributed by atoms with Crippen LogP contribution in [-0.2, 0) is 15.6 Å². The first-order valence-corrected chi connectivity index (χ1v) is 8.32. The maximum atomic E-state index is 11.7. The van der Waals surface area contributed by atoms with Crippen molar-refractivity contribution < 1.29 is 9.00 Å². The van der Waals surface area contributed by atoms with Crippen LogP contribution in [0.5, 0.6) is 0 Å². The summed E-state index contributed by atoms with van der Waals surface area (Å²) in [6, 6.07) is 0.583. The van der Waals surface area contributed by atoms with E-state index in [-0.39, 0.29) is 17.7 Å². The summed E-state index contributed by atoms with van der Waals surface area (Å²) in [5, 5.41) is 6.15. The molecule has 0 aromatic rings. The molecule has 0 bridgehead atoms. The van der Waals surface area contributed by atoms with Gasteiger partial charge in [-0.3, -0.25) is 9.00 Å². The fraction of sp³-hybridized carbons (Fsp3) is 0.923. The molecule has 0 aromatic carbocycles.